The van der Waals surface area contributed by atoms with Crippen LogP contribution in [-0.2, 0) is 4.79 Å². The second kappa shape index (κ2) is 7.67. The van der Waals surface area contributed by atoms with E-state index < -0.39 is 0 Å². The van der Waals surface area contributed by atoms with Gasteiger partial charge in [0.05, 0.1) is 5.56 Å². The third-order valence-electron chi connectivity index (χ3n) is 3.63. The van der Waals surface area contributed by atoms with Gasteiger partial charge in [-0.25, -0.2) is 0 Å². The predicted octanol–water partition coefficient (Wildman–Crippen LogP) is 1.76. The first-order valence-corrected chi connectivity index (χ1v) is 7.58. The summed E-state index contributed by atoms with van der Waals surface area (Å²) >= 11 is 0. The van der Waals surface area contributed by atoms with Gasteiger partial charge < -0.3 is 16.0 Å². The fraction of sp³-hybridized carbons (Fsp3) is 0.500. The van der Waals surface area contributed by atoms with Gasteiger partial charge in [-0.1, -0.05) is 25.5 Å². The molecule has 0 unspecified atom stereocenters. The molecule has 1 heterocycles. The first-order valence-electron chi connectivity index (χ1n) is 7.58. The van der Waals surface area contributed by atoms with E-state index in [2.05, 4.69) is 22.9 Å². The van der Waals surface area contributed by atoms with Crippen LogP contribution >= 0.6 is 0 Å². The summed E-state index contributed by atoms with van der Waals surface area (Å²) in [4.78, 5) is 23.4. The van der Waals surface area contributed by atoms with Crippen LogP contribution in [0.3, 0.4) is 0 Å². The number of carbonyl (C=O) groups is 2. The van der Waals surface area contributed by atoms with E-state index in [0.717, 1.165) is 25.1 Å². The zero-order valence-corrected chi connectivity index (χ0v) is 12.4. The minimum Gasteiger partial charge on any atom is -0.384 e. The van der Waals surface area contributed by atoms with Gasteiger partial charge in [0, 0.05) is 37.7 Å². The van der Waals surface area contributed by atoms with E-state index in [1.807, 2.05) is 24.3 Å². The smallest absolute Gasteiger partial charge is 0.253 e. The van der Waals surface area contributed by atoms with Gasteiger partial charge in [-0.05, 0) is 18.6 Å². The molecule has 0 saturated carbocycles. The lowest BCUT2D eigenvalue weighted by Gasteiger charge is -2.13. The van der Waals surface area contributed by atoms with E-state index >= 15 is 0 Å². The standard InChI is InChI=1S/C16H23N3O2/c1-2-3-8-17-14-7-5-4-6-13(14)16(21)19-11-12-9-15(20)18-10-12/h4-7,12,17H,2-3,8-11H2,1H3,(H,18,20)(H,19,21)/t12-/m1/s1. The molecule has 3 N–H and O–H groups in total. The maximum absolute atomic E-state index is 12.3. The van der Waals surface area contributed by atoms with Crippen molar-refractivity contribution in [2.75, 3.05) is 25.0 Å². The molecule has 1 atom stereocenters. The van der Waals surface area contributed by atoms with Crippen molar-refractivity contribution in [3.8, 4) is 0 Å². The quantitative estimate of drug-likeness (QED) is 0.670. The van der Waals surface area contributed by atoms with Gasteiger partial charge in [0.25, 0.3) is 5.91 Å². The first kappa shape index (κ1) is 15.4. The van der Waals surface area contributed by atoms with Gasteiger partial charge in [0.2, 0.25) is 5.91 Å². The van der Waals surface area contributed by atoms with Gasteiger partial charge in [-0.2, -0.15) is 0 Å². The number of unbranched alkanes of at least 4 members (excludes halogenated alkanes) is 1. The highest BCUT2D eigenvalue weighted by Gasteiger charge is 2.22. The molecule has 5 nitrogen and oxygen atoms in total. The van der Waals surface area contributed by atoms with Crippen LogP contribution in [0.1, 0.15) is 36.5 Å². The third kappa shape index (κ3) is 4.48. The predicted molar refractivity (Wildman–Crippen MR) is 83.3 cm³/mol. The number of amides is 2. The molecule has 2 amide bonds. The number of para-hydroxylation sites is 1. The highest BCUT2D eigenvalue weighted by Crippen LogP contribution is 2.15. The average molecular weight is 289 g/mol. The molecular weight excluding hydrogens is 266 g/mol. The Morgan fingerprint density at radius 2 is 2.19 bits per heavy atom. The maximum Gasteiger partial charge on any atom is 0.253 e. The summed E-state index contributed by atoms with van der Waals surface area (Å²) in [5.41, 5.74) is 1.52. The van der Waals surface area contributed by atoms with Gasteiger partial charge in [0.15, 0.2) is 0 Å². The molecule has 5 heteroatoms. The molecule has 2 rings (SSSR count). The number of hydrogen-bond donors (Lipinski definition) is 3. The molecule has 0 spiro atoms. The van der Waals surface area contributed by atoms with Crippen LogP contribution in [-0.4, -0.2) is 31.4 Å². The van der Waals surface area contributed by atoms with E-state index in [4.69, 9.17) is 0 Å². The maximum atomic E-state index is 12.3. The zero-order valence-electron chi connectivity index (χ0n) is 12.4. The third-order valence-corrected chi connectivity index (χ3v) is 3.63. The molecule has 114 valence electrons. The van der Waals surface area contributed by atoms with Crippen molar-refractivity contribution in [3.63, 3.8) is 0 Å². The van der Waals surface area contributed by atoms with E-state index in [-0.39, 0.29) is 17.7 Å². The summed E-state index contributed by atoms with van der Waals surface area (Å²) in [6, 6.07) is 7.53. The average Bonchev–Trinajstić information content (AvgIpc) is 2.91. The van der Waals surface area contributed by atoms with E-state index in [0.29, 0.717) is 25.1 Å². The highest BCUT2D eigenvalue weighted by atomic mass is 16.2. The molecule has 21 heavy (non-hydrogen) atoms. The molecule has 1 aliphatic rings. The molecule has 0 radical (unpaired) electrons. The van der Waals surface area contributed by atoms with Gasteiger partial charge in [0.1, 0.15) is 0 Å². The van der Waals surface area contributed by atoms with Crippen LogP contribution in [0.4, 0.5) is 5.69 Å². The topological polar surface area (TPSA) is 70.2 Å². The lowest BCUT2D eigenvalue weighted by atomic mass is 10.1. The van der Waals surface area contributed by atoms with E-state index in [9.17, 15) is 9.59 Å². The van der Waals surface area contributed by atoms with E-state index in [1.165, 1.54) is 0 Å². The summed E-state index contributed by atoms with van der Waals surface area (Å²) in [7, 11) is 0. The second-order valence-electron chi connectivity index (χ2n) is 5.41. The lowest BCUT2D eigenvalue weighted by Crippen LogP contribution is -2.30. The summed E-state index contributed by atoms with van der Waals surface area (Å²) in [5.74, 6) is 0.173. The number of benzene rings is 1. The van der Waals surface area contributed by atoms with Gasteiger partial charge in [-0.3, -0.25) is 9.59 Å². The molecular formula is C16H23N3O2. The van der Waals surface area contributed by atoms with Crippen LogP contribution in [0.2, 0.25) is 0 Å². The Morgan fingerprint density at radius 3 is 2.90 bits per heavy atom. The SMILES string of the molecule is CCCCNc1ccccc1C(=O)NC[C@H]1CNC(=O)C1. The second-order valence-corrected chi connectivity index (χ2v) is 5.41. The molecule has 0 aliphatic carbocycles. The molecule has 0 bridgehead atoms. The van der Waals surface area contributed by atoms with Gasteiger partial charge >= 0.3 is 0 Å². The van der Waals surface area contributed by atoms with Crippen molar-refractivity contribution in [1.29, 1.82) is 0 Å². The molecule has 1 aromatic rings. The Labute approximate surface area is 125 Å². The van der Waals surface area contributed by atoms with Crippen LogP contribution in [0.5, 0.6) is 0 Å². The Hall–Kier alpha value is -2.04. The lowest BCUT2D eigenvalue weighted by molar-refractivity contribution is -0.119. The fourth-order valence-corrected chi connectivity index (χ4v) is 2.38. The largest absolute Gasteiger partial charge is 0.384 e. The molecule has 1 fully saturated rings. The van der Waals surface area contributed by atoms with Crippen LogP contribution in [0, 0.1) is 5.92 Å². The van der Waals surface area contributed by atoms with Gasteiger partial charge in [-0.15, -0.1) is 0 Å². The fourth-order valence-electron chi connectivity index (χ4n) is 2.38. The molecule has 0 aromatic heterocycles. The summed E-state index contributed by atoms with van der Waals surface area (Å²) in [5, 5.41) is 9.00. The number of hydrogen-bond acceptors (Lipinski definition) is 3. The number of rotatable bonds is 7. The number of carbonyl (C=O) groups excluding carboxylic acids is 2. The molecule has 1 saturated heterocycles. The Balaban J connectivity index is 1.90. The minimum atomic E-state index is -0.0889. The van der Waals surface area contributed by atoms with Crippen LogP contribution in [0.15, 0.2) is 24.3 Å². The van der Waals surface area contributed by atoms with Crippen molar-refractivity contribution >= 4 is 17.5 Å². The molecule has 1 aliphatic heterocycles. The van der Waals surface area contributed by atoms with Crippen molar-refractivity contribution in [3.05, 3.63) is 29.8 Å². The normalized spacial score (nSPS) is 17.4. The zero-order chi connectivity index (χ0) is 15.1. The number of nitrogens with one attached hydrogen (secondary N) is 3. The van der Waals surface area contributed by atoms with Crippen molar-refractivity contribution in [1.82, 2.24) is 10.6 Å². The Kier molecular flexibility index (Phi) is 5.60. The highest BCUT2D eigenvalue weighted by molar-refractivity contribution is 5.99. The molecule has 1 aromatic carbocycles. The Morgan fingerprint density at radius 1 is 1.38 bits per heavy atom. The summed E-state index contributed by atoms with van der Waals surface area (Å²) < 4.78 is 0. The van der Waals surface area contributed by atoms with E-state index in [1.54, 1.807) is 0 Å². The summed E-state index contributed by atoms with van der Waals surface area (Å²) in [6.07, 6.45) is 2.69. The Bertz CT molecular complexity index is 502. The minimum absolute atomic E-state index is 0.0656. The summed E-state index contributed by atoms with van der Waals surface area (Å²) in [6.45, 7) is 4.18. The van der Waals surface area contributed by atoms with Crippen molar-refractivity contribution < 1.29 is 9.59 Å². The van der Waals surface area contributed by atoms with Crippen molar-refractivity contribution in [2.24, 2.45) is 5.92 Å². The van der Waals surface area contributed by atoms with Crippen LogP contribution < -0.4 is 16.0 Å². The number of anilines is 1. The monoisotopic (exact) mass is 289 g/mol. The first-order chi connectivity index (χ1) is 10.2. The van der Waals surface area contributed by atoms with Crippen molar-refractivity contribution in [2.45, 2.75) is 26.2 Å². The van der Waals surface area contributed by atoms with Crippen LogP contribution in [0.25, 0.3) is 0 Å².